The Morgan fingerprint density at radius 2 is 1.76 bits per heavy atom. The lowest BCUT2D eigenvalue weighted by atomic mass is 9.99. The predicted octanol–water partition coefficient (Wildman–Crippen LogP) is 7.47. The summed E-state index contributed by atoms with van der Waals surface area (Å²) in [4.78, 5) is 35.5. The highest BCUT2D eigenvalue weighted by Gasteiger charge is 2.33. The third-order valence-electron chi connectivity index (χ3n) is 6.87. The number of rotatable bonds is 8. The Kier molecular flexibility index (Phi) is 9.28. The monoisotopic (exact) mass is 637 g/mol. The molecule has 3 aromatic carbocycles. The number of anilines is 1. The van der Waals surface area contributed by atoms with Crippen molar-refractivity contribution in [2.45, 2.75) is 52.5 Å². The number of aromatic nitrogens is 3. The van der Waals surface area contributed by atoms with Crippen molar-refractivity contribution in [1.82, 2.24) is 14.8 Å². The average molecular weight is 638 g/mol. The molecule has 234 valence electrons. The SMILES string of the molecule is Cc1ccc(C(C)C)c(N2C(=O)CS/C2=N\C(=O)OC(C)Cc2ccc(-c3ncn(-c4ccc(OC(F)(F)F)cc4)n3)cc2)c1. The first-order valence-electron chi connectivity index (χ1n) is 14.1. The van der Waals surface area contributed by atoms with Gasteiger partial charge >= 0.3 is 12.5 Å². The van der Waals surface area contributed by atoms with E-state index in [1.165, 1.54) is 51.9 Å². The minimum absolute atomic E-state index is 0.139. The number of amidine groups is 1. The van der Waals surface area contributed by atoms with Gasteiger partial charge in [0.15, 0.2) is 11.0 Å². The number of hydrogen-bond donors (Lipinski definition) is 0. The second-order valence-corrected chi connectivity index (χ2v) is 11.7. The number of ether oxygens (including phenoxy) is 2. The van der Waals surface area contributed by atoms with Crippen molar-refractivity contribution in [1.29, 1.82) is 0 Å². The van der Waals surface area contributed by atoms with Crippen molar-refractivity contribution in [3.63, 3.8) is 0 Å². The number of aliphatic imine (C=N–C) groups is 1. The van der Waals surface area contributed by atoms with Gasteiger partial charge in [-0.25, -0.2) is 14.5 Å². The molecule has 2 heterocycles. The number of carbonyl (C=O) groups excluding carboxylic acids is 2. The summed E-state index contributed by atoms with van der Waals surface area (Å²) in [6.45, 7) is 7.81. The zero-order chi connectivity index (χ0) is 32.3. The van der Waals surface area contributed by atoms with Crippen molar-refractivity contribution >= 4 is 34.6 Å². The molecule has 0 radical (unpaired) electrons. The first kappa shape index (κ1) is 31.8. The maximum atomic E-state index is 12.8. The summed E-state index contributed by atoms with van der Waals surface area (Å²) >= 11 is 1.21. The van der Waals surface area contributed by atoms with Crippen molar-refractivity contribution in [2.75, 3.05) is 10.7 Å². The molecule has 1 aliphatic heterocycles. The van der Waals surface area contributed by atoms with Crippen molar-refractivity contribution in [2.24, 2.45) is 4.99 Å². The molecule has 13 heteroatoms. The molecule has 5 rings (SSSR count). The molecule has 0 N–H and O–H groups in total. The maximum Gasteiger partial charge on any atom is 0.573 e. The van der Waals surface area contributed by atoms with E-state index in [0.29, 0.717) is 23.1 Å². The molecule has 0 spiro atoms. The van der Waals surface area contributed by atoms with E-state index in [4.69, 9.17) is 4.74 Å². The number of hydrogen-bond acceptors (Lipinski definition) is 7. The van der Waals surface area contributed by atoms with Crippen LogP contribution in [0.3, 0.4) is 0 Å². The summed E-state index contributed by atoms with van der Waals surface area (Å²) in [5.41, 5.74) is 4.86. The topological polar surface area (TPSA) is 98.9 Å². The zero-order valence-electron chi connectivity index (χ0n) is 24.9. The van der Waals surface area contributed by atoms with Gasteiger partial charge in [-0.15, -0.1) is 18.3 Å². The third kappa shape index (κ3) is 7.90. The van der Waals surface area contributed by atoms with E-state index in [2.05, 4.69) is 19.8 Å². The Hall–Kier alpha value is -4.65. The Morgan fingerprint density at radius 1 is 1.04 bits per heavy atom. The van der Waals surface area contributed by atoms with Gasteiger partial charge in [0, 0.05) is 12.0 Å². The van der Waals surface area contributed by atoms with E-state index in [0.717, 1.165) is 27.9 Å². The molecule has 1 unspecified atom stereocenters. The second kappa shape index (κ2) is 13.1. The van der Waals surface area contributed by atoms with Crippen LogP contribution in [0.1, 0.15) is 43.4 Å². The lowest BCUT2D eigenvalue weighted by Crippen LogP contribution is -2.31. The van der Waals surface area contributed by atoms with Gasteiger partial charge < -0.3 is 9.47 Å². The average Bonchev–Trinajstić information content (AvgIpc) is 3.60. The first-order valence-corrected chi connectivity index (χ1v) is 15.1. The third-order valence-corrected chi connectivity index (χ3v) is 7.79. The zero-order valence-corrected chi connectivity index (χ0v) is 25.7. The first-order chi connectivity index (χ1) is 21.4. The standard InChI is InChI=1S/C32H30F3N5O4S/c1-19(2)26-14-5-20(3)15-27(26)40-28(41)17-45-30(40)37-31(42)43-21(4)16-22-6-8-23(9-7-22)29-36-18-39(38-29)24-10-12-25(13-11-24)44-32(33,34)35/h5-15,18-19,21H,16-17H2,1-4H3/b37-30-. The van der Waals surface area contributed by atoms with E-state index < -0.39 is 18.6 Å². The summed E-state index contributed by atoms with van der Waals surface area (Å²) in [5, 5.41) is 4.71. The molecule has 1 aliphatic rings. The molecular formula is C32H30F3N5O4S. The Labute approximate surface area is 262 Å². The smallest absolute Gasteiger partial charge is 0.445 e. The van der Waals surface area contributed by atoms with Gasteiger partial charge in [-0.2, -0.15) is 4.99 Å². The largest absolute Gasteiger partial charge is 0.573 e. The van der Waals surface area contributed by atoms with Gasteiger partial charge in [0.25, 0.3) is 0 Å². The number of aryl methyl sites for hydroxylation is 1. The van der Waals surface area contributed by atoms with E-state index in [-0.39, 0.29) is 23.3 Å². The van der Waals surface area contributed by atoms with E-state index in [1.54, 1.807) is 6.92 Å². The Balaban J connectivity index is 1.20. The Bertz CT molecular complexity index is 1720. The fraction of sp³-hybridized carbons (Fsp3) is 0.281. The molecule has 45 heavy (non-hydrogen) atoms. The van der Waals surface area contributed by atoms with Crippen molar-refractivity contribution < 1.29 is 32.2 Å². The molecule has 2 amide bonds. The molecule has 4 aromatic rings. The lowest BCUT2D eigenvalue weighted by Gasteiger charge is -2.22. The highest BCUT2D eigenvalue weighted by Crippen LogP contribution is 2.34. The molecule has 0 aliphatic carbocycles. The van der Waals surface area contributed by atoms with Crippen LogP contribution in [-0.4, -0.2) is 50.2 Å². The molecule has 1 atom stereocenters. The van der Waals surface area contributed by atoms with Crippen LogP contribution in [0.2, 0.25) is 0 Å². The van der Waals surface area contributed by atoms with Crippen LogP contribution in [0.25, 0.3) is 17.1 Å². The van der Waals surface area contributed by atoms with Gasteiger partial charge in [0.1, 0.15) is 18.2 Å². The summed E-state index contributed by atoms with van der Waals surface area (Å²) in [6.07, 6.45) is -4.13. The van der Waals surface area contributed by atoms with Crippen LogP contribution in [0, 0.1) is 6.92 Å². The lowest BCUT2D eigenvalue weighted by molar-refractivity contribution is -0.274. The van der Waals surface area contributed by atoms with E-state index in [1.807, 2.05) is 63.2 Å². The molecule has 0 bridgehead atoms. The van der Waals surface area contributed by atoms with Crippen LogP contribution in [0.5, 0.6) is 5.75 Å². The number of benzene rings is 3. The summed E-state index contributed by atoms with van der Waals surface area (Å²) in [6, 6.07) is 18.6. The van der Waals surface area contributed by atoms with Crippen LogP contribution in [0.15, 0.2) is 78.0 Å². The van der Waals surface area contributed by atoms with E-state index in [9.17, 15) is 22.8 Å². The number of carbonyl (C=O) groups is 2. The number of amides is 2. The van der Waals surface area contributed by atoms with Crippen LogP contribution in [-0.2, 0) is 16.0 Å². The Morgan fingerprint density at radius 3 is 2.42 bits per heavy atom. The number of nitrogens with zero attached hydrogens (tertiary/aromatic N) is 5. The van der Waals surface area contributed by atoms with Crippen LogP contribution >= 0.6 is 11.8 Å². The molecule has 9 nitrogen and oxygen atoms in total. The second-order valence-electron chi connectivity index (χ2n) is 10.8. The summed E-state index contributed by atoms with van der Waals surface area (Å²) < 4.78 is 48.2. The summed E-state index contributed by atoms with van der Waals surface area (Å²) in [5.74, 6) is 0.324. The van der Waals surface area contributed by atoms with Gasteiger partial charge in [0.2, 0.25) is 5.91 Å². The van der Waals surface area contributed by atoms with Crippen molar-refractivity contribution in [3.8, 4) is 22.8 Å². The van der Waals surface area contributed by atoms with Crippen LogP contribution in [0.4, 0.5) is 23.7 Å². The number of thioether (sulfide) groups is 1. The van der Waals surface area contributed by atoms with Gasteiger partial charge in [-0.1, -0.05) is 62.0 Å². The fourth-order valence-corrected chi connectivity index (χ4v) is 5.63. The minimum atomic E-state index is -4.76. The quantitative estimate of drug-likeness (QED) is 0.198. The van der Waals surface area contributed by atoms with E-state index >= 15 is 0 Å². The minimum Gasteiger partial charge on any atom is -0.445 e. The van der Waals surface area contributed by atoms with Gasteiger partial charge in [-0.3, -0.25) is 9.69 Å². The number of alkyl halides is 3. The molecule has 1 fully saturated rings. The highest BCUT2D eigenvalue weighted by molar-refractivity contribution is 8.15. The van der Waals surface area contributed by atoms with Crippen LogP contribution < -0.4 is 9.64 Å². The molecule has 1 saturated heterocycles. The molecule has 0 saturated carbocycles. The molecule has 1 aromatic heterocycles. The normalized spacial score (nSPS) is 15.2. The van der Waals surface area contributed by atoms with Gasteiger partial charge in [0.05, 0.1) is 17.1 Å². The van der Waals surface area contributed by atoms with Crippen molar-refractivity contribution in [3.05, 3.63) is 89.7 Å². The maximum absolute atomic E-state index is 12.8. The van der Waals surface area contributed by atoms with Gasteiger partial charge in [-0.05, 0) is 66.8 Å². The predicted molar refractivity (Wildman–Crippen MR) is 166 cm³/mol. The fourth-order valence-electron chi connectivity index (χ4n) is 4.78. The summed E-state index contributed by atoms with van der Waals surface area (Å²) in [7, 11) is 0. The highest BCUT2D eigenvalue weighted by atomic mass is 32.2. The molecular weight excluding hydrogens is 607 g/mol. The number of halogens is 3.